The zero-order valence-electron chi connectivity index (χ0n) is 16.5. The Morgan fingerprint density at radius 2 is 2.00 bits per heavy atom. The highest BCUT2D eigenvalue weighted by Crippen LogP contribution is 2.37. The molecule has 1 aliphatic heterocycles. The van der Waals surface area contributed by atoms with Gasteiger partial charge in [0.25, 0.3) is 11.1 Å². The average molecular weight is 574 g/mol. The van der Waals surface area contributed by atoms with Gasteiger partial charge < -0.3 is 14.2 Å². The van der Waals surface area contributed by atoms with E-state index in [1.54, 1.807) is 42.5 Å². The molecule has 3 rings (SSSR count). The van der Waals surface area contributed by atoms with E-state index in [9.17, 15) is 14.4 Å². The molecule has 0 aromatic heterocycles. The first-order chi connectivity index (χ1) is 14.8. The Kier molecular flexibility index (Phi) is 7.84. The zero-order chi connectivity index (χ0) is 22.5. The number of thioether (sulfide) groups is 1. The van der Waals surface area contributed by atoms with Crippen LogP contribution in [0.3, 0.4) is 0 Å². The summed E-state index contributed by atoms with van der Waals surface area (Å²) in [5, 5.41) is 0.187. The van der Waals surface area contributed by atoms with Gasteiger partial charge in [0.05, 0.1) is 29.2 Å². The van der Waals surface area contributed by atoms with Gasteiger partial charge in [-0.2, -0.15) is 0 Å². The van der Waals surface area contributed by atoms with Gasteiger partial charge >= 0.3 is 5.97 Å². The van der Waals surface area contributed by atoms with Crippen molar-refractivity contribution in [3.8, 4) is 11.5 Å². The number of benzene rings is 2. The van der Waals surface area contributed by atoms with Gasteiger partial charge in [0.15, 0.2) is 18.1 Å². The number of hydrogen-bond acceptors (Lipinski definition) is 7. The molecule has 10 heteroatoms. The van der Waals surface area contributed by atoms with Crippen molar-refractivity contribution < 1.29 is 28.6 Å². The van der Waals surface area contributed by atoms with Crippen molar-refractivity contribution in [2.75, 3.05) is 20.8 Å². The summed E-state index contributed by atoms with van der Waals surface area (Å²) in [4.78, 5) is 38.0. The van der Waals surface area contributed by atoms with E-state index in [1.165, 1.54) is 19.1 Å². The van der Waals surface area contributed by atoms with E-state index >= 15 is 0 Å². The van der Waals surface area contributed by atoms with Crippen LogP contribution in [0.25, 0.3) is 6.08 Å². The molecule has 162 valence electrons. The van der Waals surface area contributed by atoms with E-state index in [-0.39, 0.29) is 24.3 Å². The molecule has 2 amide bonds. The minimum absolute atomic E-state index is 0.143. The number of imide groups is 1. The monoisotopic (exact) mass is 573 g/mol. The van der Waals surface area contributed by atoms with Crippen LogP contribution in [0.4, 0.5) is 4.79 Å². The Labute approximate surface area is 201 Å². The summed E-state index contributed by atoms with van der Waals surface area (Å²) in [6.45, 7) is -0.117. The van der Waals surface area contributed by atoms with Crippen molar-refractivity contribution in [1.29, 1.82) is 0 Å². The number of carbonyl (C=O) groups is 3. The van der Waals surface area contributed by atoms with Crippen LogP contribution in [0.2, 0.25) is 5.02 Å². The van der Waals surface area contributed by atoms with Crippen LogP contribution in [-0.2, 0) is 20.9 Å². The summed E-state index contributed by atoms with van der Waals surface area (Å²) in [7, 11) is 2.75. The smallest absolute Gasteiger partial charge is 0.343 e. The Morgan fingerprint density at radius 3 is 2.68 bits per heavy atom. The molecule has 0 aliphatic carbocycles. The van der Waals surface area contributed by atoms with Gasteiger partial charge in [0.1, 0.15) is 0 Å². The number of hydrogen-bond donors (Lipinski definition) is 0. The molecule has 1 fully saturated rings. The molecule has 7 nitrogen and oxygen atoms in total. The number of methoxy groups -OCH3 is 2. The second-order valence-electron chi connectivity index (χ2n) is 6.30. The van der Waals surface area contributed by atoms with Crippen LogP contribution < -0.4 is 9.47 Å². The van der Waals surface area contributed by atoms with E-state index < -0.39 is 5.97 Å². The minimum Gasteiger partial charge on any atom is -0.493 e. The summed E-state index contributed by atoms with van der Waals surface area (Å²) >= 11 is 8.90. The third-order valence-electron chi connectivity index (χ3n) is 4.21. The highest BCUT2D eigenvalue weighted by atomic mass is 127. The van der Waals surface area contributed by atoms with E-state index in [1.807, 2.05) is 22.6 Å². The Morgan fingerprint density at radius 1 is 1.23 bits per heavy atom. The Balaban J connectivity index is 1.82. The van der Waals surface area contributed by atoms with Gasteiger partial charge in [-0.3, -0.25) is 14.5 Å². The third-order valence-corrected chi connectivity index (χ3v) is 6.16. The van der Waals surface area contributed by atoms with Gasteiger partial charge in [0.2, 0.25) is 0 Å². The lowest BCUT2D eigenvalue weighted by Crippen LogP contribution is -2.27. The van der Waals surface area contributed by atoms with E-state index in [2.05, 4.69) is 4.74 Å². The fraction of sp³-hybridized carbons (Fsp3) is 0.190. The minimum atomic E-state index is -0.518. The summed E-state index contributed by atoms with van der Waals surface area (Å²) in [5.41, 5.74) is 1.42. The molecule has 0 radical (unpaired) electrons. The van der Waals surface area contributed by atoms with Crippen molar-refractivity contribution in [2.45, 2.75) is 6.54 Å². The van der Waals surface area contributed by atoms with Crippen molar-refractivity contribution in [1.82, 2.24) is 4.90 Å². The summed E-state index contributed by atoms with van der Waals surface area (Å²) in [5.74, 6) is -0.120. The van der Waals surface area contributed by atoms with Crippen molar-refractivity contribution >= 4 is 69.1 Å². The highest BCUT2D eigenvalue weighted by molar-refractivity contribution is 14.1. The molecule has 0 spiro atoms. The molecule has 0 atom stereocenters. The number of carbonyl (C=O) groups excluding carboxylic acids is 3. The molecular weight excluding hydrogens is 557 g/mol. The Hall–Kier alpha value is -2.24. The molecule has 1 heterocycles. The van der Waals surface area contributed by atoms with Crippen molar-refractivity contribution in [2.24, 2.45) is 0 Å². The van der Waals surface area contributed by atoms with E-state index in [4.69, 9.17) is 21.1 Å². The van der Waals surface area contributed by atoms with Crippen LogP contribution in [0.5, 0.6) is 11.5 Å². The van der Waals surface area contributed by atoms with Gasteiger partial charge in [0, 0.05) is 5.02 Å². The lowest BCUT2D eigenvalue weighted by molar-refractivity contribution is -0.143. The van der Waals surface area contributed by atoms with Gasteiger partial charge in [-0.05, 0) is 75.8 Å². The highest BCUT2D eigenvalue weighted by Gasteiger charge is 2.35. The second-order valence-corrected chi connectivity index (χ2v) is 8.89. The van der Waals surface area contributed by atoms with Crippen molar-refractivity contribution in [3.05, 3.63) is 61.0 Å². The largest absolute Gasteiger partial charge is 0.493 e. The number of amides is 2. The van der Waals surface area contributed by atoms with E-state index in [0.717, 1.165) is 17.3 Å². The maximum Gasteiger partial charge on any atom is 0.343 e. The van der Waals surface area contributed by atoms with Gasteiger partial charge in [-0.15, -0.1) is 0 Å². The molecule has 2 aromatic rings. The molecule has 0 saturated carbocycles. The number of rotatable bonds is 7. The molecule has 2 aromatic carbocycles. The van der Waals surface area contributed by atoms with Gasteiger partial charge in [-0.1, -0.05) is 23.7 Å². The number of ether oxygens (including phenoxy) is 3. The van der Waals surface area contributed by atoms with Crippen LogP contribution >= 0.6 is 46.0 Å². The van der Waals surface area contributed by atoms with Crippen LogP contribution in [0.15, 0.2) is 41.3 Å². The molecule has 0 bridgehead atoms. The molecule has 1 saturated heterocycles. The molecular formula is C21H17ClINO6S. The summed E-state index contributed by atoms with van der Waals surface area (Å²) in [6.07, 6.45) is 1.62. The molecule has 0 N–H and O–H groups in total. The van der Waals surface area contributed by atoms with Crippen molar-refractivity contribution in [3.63, 3.8) is 0 Å². The topological polar surface area (TPSA) is 82.1 Å². The molecule has 31 heavy (non-hydrogen) atoms. The third kappa shape index (κ3) is 5.72. The number of halogens is 2. The summed E-state index contributed by atoms with van der Waals surface area (Å²) < 4.78 is 16.1. The summed E-state index contributed by atoms with van der Waals surface area (Å²) in [6, 6.07) is 10.4. The van der Waals surface area contributed by atoms with Gasteiger partial charge in [-0.25, -0.2) is 4.79 Å². The maximum absolute atomic E-state index is 12.8. The zero-order valence-corrected chi connectivity index (χ0v) is 20.2. The quantitative estimate of drug-likeness (QED) is 0.269. The Bertz CT molecular complexity index is 1070. The average Bonchev–Trinajstić information content (AvgIpc) is 2.99. The second kappa shape index (κ2) is 10.4. The first-order valence-electron chi connectivity index (χ1n) is 8.89. The number of nitrogens with zero attached hydrogens (tertiary/aromatic N) is 1. The van der Waals surface area contributed by atoms with E-state index in [0.29, 0.717) is 30.6 Å². The normalized spacial score (nSPS) is 14.8. The van der Waals surface area contributed by atoms with Crippen LogP contribution in [-0.4, -0.2) is 42.8 Å². The fourth-order valence-electron chi connectivity index (χ4n) is 2.76. The van der Waals surface area contributed by atoms with Crippen LogP contribution in [0.1, 0.15) is 11.1 Å². The predicted octanol–water partition coefficient (Wildman–Crippen LogP) is 4.74. The lowest BCUT2D eigenvalue weighted by atomic mass is 10.1. The van der Waals surface area contributed by atoms with Crippen LogP contribution in [0, 0.1) is 3.57 Å². The first kappa shape index (κ1) is 23.4. The molecule has 0 unspecified atom stereocenters. The first-order valence-corrected chi connectivity index (χ1v) is 11.2. The lowest BCUT2D eigenvalue weighted by Gasteiger charge is -2.13. The predicted molar refractivity (Wildman–Crippen MR) is 126 cm³/mol. The number of esters is 1. The SMILES string of the molecule is COC(=O)COc1c(I)cc(/C=C2\SC(=O)N(Cc3cccc(Cl)c3)C2=O)cc1OC. The maximum atomic E-state index is 12.8. The molecule has 1 aliphatic rings. The fourth-order valence-corrected chi connectivity index (χ4v) is 4.59. The standard InChI is InChI=1S/C21H17ClINO6S/c1-28-16-8-13(7-15(23)19(16)30-11-18(25)29-2)9-17-20(26)24(21(27)31-17)10-12-4-3-5-14(22)6-12/h3-9H,10-11H2,1-2H3/b17-9-.